The van der Waals surface area contributed by atoms with E-state index in [2.05, 4.69) is 27.5 Å². The van der Waals surface area contributed by atoms with Crippen molar-refractivity contribution in [3.63, 3.8) is 0 Å². The second kappa shape index (κ2) is 15.1. The lowest BCUT2D eigenvalue weighted by molar-refractivity contribution is -0.105. The third-order valence-electron chi connectivity index (χ3n) is 7.53. The van der Waals surface area contributed by atoms with Crippen molar-refractivity contribution in [2.45, 2.75) is 11.8 Å². The predicted molar refractivity (Wildman–Crippen MR) is 171 cm³/mol. The highest BCUT2D eigenvalue weighted by Gasteiger charge is 2.23. The van der Waals surface area contributed by atoms with E-state index in [0.717, 1.165) is 47.5 Å². The molecule has 12 heteroatoms. The van der Waals surface area contributed by atoms with Crippen LogP contribution in [0, 0.1) is 0 Å². The van der Waals surface area contributed by atoms with E-state index in [9.17, 15) is 18.0 Å². The van der Waals surface area contributed by atoms with Crippen LogP contribution in [0.3, 0.4) is 0 Å². The van der Waals surface area contributed by atoms with Gasteiger partial charge in [0.15, 0.2) is 0 Å². The summed E-state index contributed by atoms with van der Waals surface area (Å²) in [6.07, 6.45) is 0.551. The summed E-state index contributed by atoms with van der Waals surface area (Å²) in [4.78, 5) is 33.7. The van der Waals surface area contributed by atoms with Gasteiger partial charge >= 0.3 is 5.97 Å². The van der Waals surface area contributed by atoms with E-state index in [4.69, 9.17) is 9.57 Å². The average molecular weight is 622 g/mol. The molecule has 2 N–H and O–H groups in total. The molecule has 0 unspecified atom stereocenters. The number of sulfonamides is 1. The first kappa shape index (κ1) is 32.8. The van der Waals surface area contributed by atoms with Crippen molar-refractivity contribution >= 4 is 45.0 Å². The summed E-state index contributed by atoms with van der Waals surface area (Å²) in [5.41, 5.74) is 4.44. The Balaban J connectivity index is 1.55. The number of anilines is 2. The number of carbonyl (C=O) groups excluding carboxylic acids is 2. The Labute approximate surface area is 259 Å². The molecular formula is C32H39N5O6S. The molecule has 4 rings (SSSR count). The molecule has 1 amide bonds. The van der Waals surface area contributed by atoms with E-state index in [1.54, 1.807) is 30.3 Å². The van der Waals surface area contributed by atoms with E-state index in [0.29, 0.717) is 35.5 Å². The van der Waals surface area contributed by atoms with Crippen LogP contribution >= 0.6 is 0 Å². The van der Waals surface area contributed by atoms with Gasteiger partial charge < -0.3 is 20.3 Å². The third-order valence-corrected chi connectivity index (χ3v) is 9.18. The maximum absolute atomic E-state index is 13.2. The number of hydrogen-bond acceptors (Lipinski definition) is 9. The van der Waals surface area contributed by atoms with Gasteiger partial charge in [-0.25, -0.2) is 13.2 Å². The molecule has 0 bridgehead atoms. The lowest BCUT2D eigenvalue weighted by atomic mass is 9.97. The number of carbonyl (C=O) groups is 2. The standard InChI is InChI=1S/C32H39N5O6S/c1-24(29-15-10-26(32(39)42-4)22-30(29)33-23-38)31(25-8-6-5-7-9-25)34-27-11-13-28(14-12-27)44(40,41)36(3)43-21-20-37-18-16-35(2)17-19-37/h5-15,22-23,34H,16-21H2,1-4H3,(H,33,38)/b31-24+. The normalized spacial score (nSPS) is 15.0. The molecule has 0 radical (unpaired) electrons. The van der Waals surface area contributed by atoms with Gasteiger partial charge in [-0.1, -0.05) is 40.9 Å². The van der Waals surface area contributed by atoms with E-state index in [1.807, 2.05) is 37.3 Å². The molecule has 0 spiro atoms. The van der Waals surface area contributed by atoms with E-state index >= 15 is 0 Å². The highest BCUT2D eigenvalue weighted by molar-refractivity contribution is 7.89. The Hall–Kier alpha value is -4.07. The highest BCUT2D eigenvalue weighted by Crippen LogP contribution is 2.33. The minimum atomic E-state index is -3.87. The molecule has 1 fully saturated rings. The fraction of sp³-hybridized carbons (Fsp3) is 0.312. The zero-order chi connectivity index (χ0) is 31.7. The number of rotatable bonds is 13. The second-order valence-electron chi connectivity index (χ2n) is 10.4. The number of hydroxylamine groups is 1. The fourth-order valence-corrected chi connectivity index (χ4v) is 5.85. The summed E-state index contributed by atoms with van der Waals surface area (Å²) in [7, 11) is 0.919. The van der Waals surface area contributed by atoms with Crippen LogP contribution in [-0.4, -0.2) is 95.6 Å². The summed E-state index contributed by atoms with van der Waals surface area (Å²) >= 11 is 0. The van der Waals surface area contributed by atoms with Gasteiger partial charge in [-0.05, 0) is 61.5 Å². The number of piperazine rings is 1. The molecule has 0 saturated carbocycles. The minimum absolute atomic E-state index is 0.1000. The van der Waals surface area contributed by atoms with Gasteiger partial charge in [0.05, 0.1) is 24.2 Å². The number of esters is 1. The molecule has 1 saturated heterocycles. The maximum Gasteiger partial charge on any atom is 0.337 e. The van der Waals surface area contributed by atoms with Crippen LogP contribution in [0.4, 0.5) is 11.4 Å². The molecule has 11 nitrogen and oxygen atoms in total. The topological polar surface area (TPSA) is 121 Å². The number of amides is 1. The molecule has 3 aromatic rings. The number of nitrogens with zero attached hydrogens (tertiary/aromatic N) is 3. The van der Waals surface area contributed by atoms with Crippen LogP contribution in [0.1, 0.15) is 28.4 Å². The number of likely N-dealkylation sites (N-methyl/N-ethyl adjacent to an activating group) is 1. The first-order valence-corrected chi connectivity index (χ1v) is 15.7. The smallest absolute Gasteiger partial charge is 0.337 e. The molecule has 3 aromatic carbocycles. The van der Waals surface area contributed by atoms with Crippen molar-refractivity contribution in [1.82, 2.24) is 14.3 Å². The van der Waals surface area contributed by atoms with Crippen LogP contribution in [-0.2, 0) is 24.4 Å². The molecule has 1 aliphatic heterocycles. The molecule has 0 atom stereocenters. The molecule has 0 aromatic heterocycles. The van der Waals surface area contributed by atoms with E-state index in [1.165, 1.54) is 26.3 Å². The van der Waals surface area contributed by atoms with Gasteiger partial charge in [0.1, 0.15) is 0 Å². The number of benzene rings is 3. The highest BCUT2D eigenvalue weighted by atomic mass is 32.2. The van der Waals surface area contributed by atoms with Crippen LogP contribution in [0.25, 0.3) is 11.3 Å². The molecule has 44 heavy (non-hydrogen) atoms. The summed E-state index contributed by atoms with van der Waals surface area (Å²) in [5, 5.41) is 6.09. The van der Waals surface area contributed by atoms with Crippen molar-refractivity contribution in [1.29, 1.82) is 0 Å². The molecule has 1 aliphatic rings. The van der Waals surface area contributed by atoms with Crippen LogP contribution in [0.15, 0.2) is 77.7 Å². The summed E-state index contributed by atoms with van der Waals surface area (Å²) in [6.45, 7) is 6.63. The Kier molecular flexibility index (Phi) is 11.3. The van der Waals surface area contributed by atoms with Gasteiger partial charge in [0, 0.05) is 62.4 Å². The van der Waals surface area contributed by atoms with Crippen LogP contribution in [0.2, 0.25) is 0 Å². The minimum Gasteiger partial charge on any atom is -0.465 e. The van der Waals surface area contributed by atoms with Crippen LogP contribution in [0.5, 0.6) is 0 Å². The quantitative estimate of drug-likeness (QED) is 0.127. The van der Waals surface area contributed by atoms with Gasteiger partial charge in [-0.3, -0.25) is 14.5 Å². The summed E-state index contributed by atoms with van der Waals surface area (Å²) in [5.74, 6) is -0.519. The second-order valence-corrected chi connectivity index (χ2v) is 12.4. The number of allylic oxidation sites excluding steroid dienone is 1. The van der Waals surface area contributed by atoms with Gasteiger partial charge in [-0.15, -0.1) is 0 Å². The Morgan fingerprint density at radius 2 is 1.66 bits per heavy atom. The number of hydrogen-bond donors (Lipinski definition) is 2. The van der Waals surface area contributed by atoms with Gasteiger partial charge in [-0.2, -0.15) is 0 Å². The van der Waals surface area contributed by atoms with Gasteiger partial charge in [0.25, 0.3) is 10.0 Å². The Bertz CT molecular complexity index is 1570. The average Bonchev–Trinajstić information content (AvgIpc) is 3.04. The monoisotopic (exact) mass is 621 g/mol. The Morgan fingerprint density at radius 3 is 2.30 bits per heavy atom. The summed E-state index contributed by atoms with van der Waals surface area (Å²) < 4.78 is 32.1. The molecular weight excluding hydrogens is 582 g/mol. The maximum atomic E-state index is 13.2. The van der Waals surface area contributed by atoms with E-state index < -0.39 is 16.0 Å². The van der Waals surface area contributed by atoms with Crippen molar-refractivity contribution in [3.8, 4) is 0 Å². The SMILES string of the molecule is COC(=O)c1ccc(/C(C)=C(/Nc2ccc(S(=O)(=O)N(C)OCCN3CCN(C)CC3)cc2)c2ccccc2)c(NC=O)c1. The Morgan fingerprint density at radius 1 is 0.977 bits per heavy atom. The molecule has 0 aliphatic carbocycles. The lowest BCUT2D eigenvalue weighted by Gasteiger charge is -2.32. The number of methoxy groups -OCH3 is 1. The first-order chi connectivity index (χ1) is 21.1. The third kappa shape index (κ3) is 8.10. The van der Waals surface area contributed by atoms with Crippen LogP contribution < -0.4 is 10.6 Å². The largest absolute Gasteiger partial charge is 0.465 e. The van der Waals surface area contributed by atoms with Crippen molar-refractivity contribution in [2.75, 3.05) is 71.2 Å². The summed E-state index contributed by atoms with van der Waals surface area (Å²) in [6, 6.07) is 21.0. The zero-order valence-electron chi connectivity index (χ0n) is 25.4. The fourth-order valence-electron chi connectivity index (χ4n) is 4.86. The predicted octanol–water partition coefficient (Wildman–Crippen LogP) is 3.84. The zero-order valence-corrected chi connectivity index (χ0v) is 26.3. The number of ether oxygens (including phenoxy) is 1. The lowest BCUT2D eigenvalue weighted by Crippen LogP contribution is -2.46. The molecule has 1 heterocycles. The van der Waals surface area contributed by atoms with Crippen molar-refractivity contribution in [3.05, 3.63) is 89.5 Å². The number of nitrogens with one attached hydrogen (secondary N) is 2. The van der Waals surface area contributed by atoms with Gasteiger partial charge in [0.2, 0.25) is 6.41 Å². The van der Waals surface area contributed by atoms with Crippen molar-refractivity contribution < 1.29 is 27.6 Å². The van der Waals surface area contributed by atoms with E-state index in [-0.39, 0.29) is 11.5 Å². The van der Waals surface area contributed by atoms with Crippen molar-refractivity contribution in [2.24, 2.45) is 0 Å². The first-order valence-electron chi connectivity index (χ1n) is 14.2. The molecule has 234 valence electrons.